The Bertz CT molecular complexity index is 1440. The van der Waals surface area contributed by atoms with Crippen LogP contribution in [0.25, 0.3) is 23.0 Å². The van der Waals surface area contributed by atoms with Crippen LogP contribution in [0.5, 0.6) is 0 Å². The third-order valence-corrected chi connectivity index (χ3v) is 5.48. The molecule has 3 aromatic carbocycles. The fraction of sp³-hybridized carbons (Fsp3) is 0. The number of non-ortho nitro benzene ring substituents is 1. The monoisotopic (exact) mass is 505 g/mol. The number of rotatable bonds is 6. The second-order valence-corrected chi connectivity index (χ2v) is 8.06. The number of aromatic nitrogens is 8. The molecule has 5 rings (SSSR count). The molecule has 0 aliphatic carbocycles. The highest BCUT2D eigenvalue weighted by Gasteiger charge is 2.22. The highest BCUT2D eigenvalue weighted by molar-refractivity contribution is 6.30. The summed E-state index contributed by atoms with van der Waals surface area (Å²) < 4.78 is 3.04. The van der Waals surface area contributed by atoms with Crippen molar-refractivity contribution in [2.24, 2.45) is 0 Å². The van der Waals surface area contributed by atoms with Crippen molar-refractivity contribution in [1.29, 1.82) is 0 Å². The number of hydrogen-bond acceptors (Lipinski definition) is 8. The van der Waals surface area contributed by atoms with Crippen LogP contribution in [0.4, 0.5) is 5.69 Å². The van der Waals surface area contributed by atoms with Gasteiger partial charge < -0.3 is 0 Å². The maximum Gasteiger partial charge on any atom is 0.269 e. The lowest BCUT2D eigenvalue weighted by Crippen LogP contribution is -2.08. The zero-order chi connectivity index (χ0) is 24.4. The average molecular weight is 506 g/mol. The Kier molecular flexibility index (Phi) is 6.00. The molecule has 0 amide bonds. The van der Waals surface area contributed by atoms with E-state index in [1.165, 1.54) is 21.5 Å². The second-order valence-electron chi connectivity index (χ2n) is 7.19. The lowest BCUT2D eigenvalue weighted by Gasteiger charge is -2.10. The predicted molar refractivity (Wildman–Crippen MR) is 128 cm³/mol. The molecule has 0 atom stereocenters. The minimum Gasteiger partial charge on any atom is -0.258 e. The van der Waals surface area contributed by atoms with Crippen LogP contribution < -0.4 is 0 Å². The third-order valence-electron chi connectivity index (χ3n) is 4.98. The molecule has 13 heteroatoms. The molecule has 0 bridgehead atoms. The number of hydrogen-bond donors (Lipinski definition) is 0. The molecule has 0 spiro atoms. The van der Waals surface area contributed by atoms with Gasteiger partial charge in [0.25, 0.3) is 5.69 Å². The molecule has 2 aromatic heterocycles. The fourth-order valence-corrected chi connectivity index (χ4v) is 3.56. The van der Waals surface area contributed by atoms with Crippen molar-refractivity contribution in [2.75, 3.05) is 0 Å². The van der Waals surface area contributed by atoms with E-state index < -0.39 is 4.92 Å². The number of nitro benzene ring substituents is 1. The topological polar surface area (TPSA) is 130 Å². The van der Waals surface area contributed by atoms with E-state index in [-0.39, 0.29) is 5.69 Å². The highest BCUT2D eigenvalue weighted by Crippen LogP contribution is 2.27. The van der Waals surface area contributed by atoms with E-state index in [0.717, 1.165) is 0 Å². The number of halogens is 2. The molecule has 11 nitrogen and oxygen atoms in total. The quantitative estimate of drug-likeness (QED) is 0.244. The van der Waals surface area contributed by atoms with E-state index in [9.17, 15) is 10.1 Å². The second kappa shape index (κ2) is 9.41. The van der Waals surface area contributed by atoms with E-state index in [1.54, 1.807) is 66.7 Å². The standard InChI is InChI=1S/C22H13Cl2N9O2/c23-15-3-9-17(10-4-15)31-21(25-27-29-31)20(13-14-1-7-19(8-2-14)33(34)35)22-26-28-30-32(22)18-11-5-16(24)6-12-18/h1-13H. The first-order valence-corrected chi connectivity index (χ1v) is 10.8. The minimum atomic E-state index is -0.462. The van der Waals surface area contributed by atoms with E-state index >= 15 is 0 Å². The molecule has 5 aromatic rings. The van der Waals surface area contributed by atoms with Gasteiger partial charge in [-0.05, 0) is 93.2 Å². The van der Waals surface area contributed by atoms with Crippen molar-refractivity contribution < 1.29 is 4.92 Å². The molecule has 0 N–H and O–H groups in total. The number of tetrazole rings is 2. The number of nitro groups is 1. The lowest BCUT2D eigenvalue weighted by atomic mass is 10.1. The van der Waals surface area contributed by atoms with Crippen molar-refractivity contribution in [3.8, 4) is 11.4 Å². The van der Waals surface area contributed by atoms with Crippen LogP contribution in [-0.2, 0) is 0 Å². The molecule has 172 valence electrons. The zero-order valence-corrected chi connectivity index (χ0v) is 19.1. The largest absolute Gasteiger partial charge is 0.269 e. The zero-order valence-electron chi connectivity index (χ0n) is 17.6. The summed E-state index contributed by atoms with van der Waals surface area (Å²) >= 11 is 12.1. The number of nitrogens with zero attached hydrogens (tertiary/aromatic N) is 9. The molecule has 0 unspecified atom stereocenters. The van der Waals surface area contributed by atoms with Gasteiger partial charge in [-0.3, -0.25) is 10.1 Å². The molecular formula is C22H13Cl2N9O2. The average Bonchev–Trinajstić information content (AvgIpc) is 3.54. The van der Waals surface area contributed by atoms with Crippen molar-refractivity contribution >= 4 is 40.5 Å². The highest BCUT2D eigenvalue weighted by atomic mass is 35.5. The summed E-state index contributed by atoms with van der Waals surface area (Å²) in [6.45, 7) is 0. The van der Waals surface area contributed by atoms with Gasteiger partial charge >= 0.3 is 0 Å². The van der Waals surface area contributed by atoms with Crippen LogP contribution in [-0.4, -0.2) is 45.3 Å². The van der Waals surface area contributed by atoms with Crippen LogP contribution in [0.15, 0.2) is 72.8 Å². The lowest BCUT2D eigenvalue weighted by molar-refractivity contribution is -0.384. The fourth-order valence-electron chi connectivity index (χ4n) is 3.31. The van der Waals surface area contributed by atoms with Crippen molar-refractivity contribution in [3.63, 3.8) is 0 Å². The van der Waals surface area contributed by atoms with Gasteiger partial charge in [-0.2, -0.15) is 9.36 Å². The van der Waals surface area contributed by atoms with Gasteiger partial charge in [-0.25, -0.2) is 0 Å². The number of benzene rings is 3. The Morgan fingerprint density at radius 3 is 1.63 bits per heavy atom. The van der Waals surface area contributed by atoms with Gasteiger partial charge in [0.2, 0.25) is 0 Å². The SMILES string of the molecule is O=[N+]([O-])c1ccc(C=C(c2nnnn2-c2ccc(Cl)cc2)c2nnnn2-c2ccc(Cl)cc2)cc1. The Hall–Kier alpha value is -4.48. The molecule has 0 fully saturated rings. The van der Waals surface area contributed by atoms with Gasteiger partial charge in [0.1, 0.15) is 0 Å². The van der Waals surface area contributed by atoms with Crippen molar-refractivity contribution in [1.82, 2.24) is 40.4 Å². The van der Waals surface area contributed by atoms with E-state index in [4.69, 9.17) is 23.2 Å². The van der Waals surface area contributed by atoms with E-state index in [0.29, 0.717) is 44.2 Å². The van der Waals surface area contributed by atoms with Crippen LogP contribution in [0, 0.1) is 10.1 Å². The molecule has 2 heterocycles. The maximum absolute atomic E-state index is 11.1. The normalized spacial score (nSPS) is 10.8. The maximum atomic E-state index is 11.1. The summed E-state index contributed by atoms with van der Waals surface area (Å²) in [4.78, 5) is 10.6. The molecule has 35 heavy (non-hydrogen) atoms. The third kappa shape index (κ3) is 4.63. The summed E-state index contributed by atoms with van der Waals surface area (Å²) in [6, 6.07) is 20.0. The first kappa shape index (κ1) is 22.3. The summed E-state index contributed by atoms with van der Waals surface area (Å²) in [6.07, 6.45) is 1.75. The van der Waals surface area contributed by atoms with Crippen molar-refractivity contribution in [3.05, 3.63) is 110 Å². The molecule has 0 aliphatic heterocycles. The Balaban J connectivity index is 1.69. The van der Waals surface area contributed by atoms with Gasteiger partial charge in [-0.1, -0.05) is 23.2 Å². The smallest absolute Gasteiger partial charge is 0.258 e. The summed E-state index contributed by atoms with van der Waals surface area (Å²) in [5, 5.41) is 36.6. The van der Waals surface area contributed by atoms with Gasteiger partial charge in [0, 0.05) is 22.2 Å². The van der Waals surface area contributed by atoms with Crippen LogP contribution in [0.1, 0.15) is 17.2 Å². The Morgan fingerprint density at radius 1 is 0.743 bits per heavy atom. The first-order valence-electron chi connectivity index (χ1n) is 10.0. The molecule has 0 saturated heterocycles. The van der Waals surface area contributed by atoms with E-state index in [1.807, 2.05) is 0 Å². The predicted octanol–water partition coefficient (Wildman–Crippen LogP) is 4.44. The summed E-state index contributed by atoms with van der Waals surface area (Å²) in [5.41, 5.74) is 2.42. The molecule has 0 saturated carbocycles. The van der Waals surface area contributed by atoms with Crippen LogP contribution in [0.2, 0.25) is 10.0 Å². The molecular weight excluding hydrogens is 493 g/mol. The van der Waals surface area contributed by atoms with Crippen LogP contribution >= 0.6 is 23.2 Å². The molecule has 0 aliphatic rings. The summed E-state index contributed by atoms with van der Waals surface area (Å²) in [7, 11) is 0. The first-order chi connectivity index (χ1) is 17.0. The van der Waals surface area contributed by atoms with Crippen LogP contribution in [0.3, 0.4) is 0 Å². The van der Waals surface area contributed by atoms with Gasteiger partial charge in [0.15, 0.2) is 11.6 Å². The summed E-state index contributed by atoms with van der Waals surface area (Å²) in [5.74, 6) is 0.686. The Morgan fingerprint density at radius 2 is 1.20 bits per heavy atom. The van der Waals surface area contributed by atoms with Gasteiger partial charge in [-0.15, -0.1) is 10.2 Å². The minimum absolute atomic E-state index is 0.0271. The molecule has 0 radical (unpaired) electrons. The Labute approximate surface area is 207 Å². The van der Waals surface area contributed by atoms with Gasteiger partial charge in [0.05, 0.1) is 21.9 Å². The van der Waals surface area contributed by atoms with Crippen molar-refractivity contribution in [2.45, 2.75) is 0 Å². The van der Waals surface area contributed by atoms with E-state index in [2.05, 4.69) is 31.1 Å².